The Hall–Kier alpha value is -1.31. The van der Waals surface area contributed by atoms with Gasteiger partial charge >= 0.3 is 5.97 Å². The number of carbonyl (C=O) groups excluding carboxylic acids is 1. The molecule has 0 saturated heterocycles. The number of esters is 1. The maximum atomic E-state index is 12.1. The number of hydrogen-bond acceptors (Lipinski definition) is 5. The van der Waals surface area contributed by atoms with Crippen LogP contribution in [0.25, 0.3) is 0 Å². The first-order valence-corrected chi connectivity index (χ1v) is 6.69. The summed E-state index contributed by atoms with van der Waals surface area (Å²) in [7, 11) is -1.44. The van der Waals surface area contributed by atoms with Crippen molar-refractivity contribution in [2.75, 3.05) is 26.4 Å². The third kappa shape index (κ3) is 3.12. The summed E-state index contributed by atoms with van der Waals surface area (Å²) < 4.78 is 29.5. The number of nitrogens with two attached hydrogens (primary N) is 1. The van der Waals surface area contributed by atoms with Crippen molar-refractivity contribution < 1.29 is 17.9 Å². The highest BCUT2D eigenvalue weighted by Crippen LogP contribution is 2.25. The van der Waals surface area contributed by atoms with Crippen molar-refractivity contribution in [3.05, 3.63) is 23.2 Å². The molecular weight excluding hydrogens is 280 g/mol. The minimum atomic E-state index is -3.88. The maximum absolute atomic E-state index is 12.1. The standard InChI is InChI=1S/C10H13ClN2O4S/c1-13(6-10(14)17-2)18(15,16)9-5-7(12)3-4-8(9)11/h3-5H,6,12H2,1-2H3. The van der Waals surface area contributed by atoms with Gasteiger partial charge in [-0.25, -0.2) is 8.42 Å². The van der Waals surface area contributed by atoms with Crippen LogP contribution in [0.3, 0.4) is 0 Å². The SMILES string of the molecule is COC(=O)CN(C)S(=O)(=O)c1cc(N)ccc1Cl. The van der Waals surface area contributed by atoms with E-state index in [1.807, 2.05) is 0 Å². The molecule has 0 aliphatic carbocycles. The van der Waals surface area contributed by atoms with Crippen molar-refractivity contribution in [2.24, 2.45) is 0 Å². The van der Waals surface area contributed by atoms with Gasteiger partial charge in [-0.2, -0.15) is 4.31 Å². The van der Waals surface area contributed by atoms with Crippen molar-refractivity contribution in [3.8, 4) is 0 Å². The molecule has 0 heterocycles. The number of nitrogen functional groups attached to an aromatic ring is 1. The van der Waals surface area contributed by atoms with Gasteiger partial charge in [0.2, 0.25) is 10.0 Å². The summed E-state index contributed by atoms with van der Waals surface area (Å²) in [5.41, 5.74) is 5.79. The van der Waals surface area contributed by atoms with Crippen molar-refractivity contribution >= 4 is 33.3 Å². The van der Waals surface area contributed by atoms with Crippen molar-refractivity contribution in [2.45, 2.75) is 4.90 Å². The van der Waals surface area contributed by atoms with Crippen LogP contribution in [0.2, 0.25) is 5.02 Å². The lowest BCUT2D eigenvalue weighted by atomic mass is 10.3. The second-order valence-electron chi connectivity index (χ2n) is 3.53. The largest absolute Gasteiger partial charge is 0.468 e. The highest BCUT2D eigenvalue weighted by atomic mass is 35.5. The second-order valence-corrected chi connectivity index (χ2v) is 5.95. The zero-order valence-corrected chi connectivity index (χ0v) is 11.5. The summed E-state index contributed by atoms with van der Waals surface area (Å²) in [5.74, 6) is -0.666. The number of benzene rings is 1. The number of sulfonamides is 1. The molecule has 0 atom stereocenters. The average Bonchev–Trinajstić information content (AvgIpc) is 2.31. The number of rotatable bonds is 4. The van der Waals surface area contributed by atoms with Crippen molar-refractivity contribution in [1.82, 2.24) is 4.31 Å². The van der Waals surface area contributed by atoms with E-state index >= 15 is 0 Å². The molecule has 1 aromatic rings. The fraction of sp³-hybridized carbons (Fsp3) is 0.300. The fourth-order valence-electron chi connectivity index (χ4n) is 1.22. The Morgan fingerprint density at radius 1 is 1.50 bits per heavy atom. The molecule has 0 aliphatic heterocycles. The molecule has 2 N–H and O–H groups in total. The van der Waals surface area contributed by atoms with Crippen LogP contribution < -0.4 is 5.73 Å². The Kier molecular flexibility index (Phi) is 4.55. The van der Waals surface area contributed by atoms with Gasteiger partial charge in [0.05, 0.1) is 12.1 Å². The maximum Gasteiger partial charge on any atom is 0.321 e. The van der Waals surface area contributed by atoms with Gasteiger partial charge in [0.1, 0.15) is 11.4 Å². The summed E-state index contributed by atoms with van der Waals surface area (Å²) >= 11 is 5.82. The molecule has 0 radical (unpaired) electrons. The van der Waals surface area contributed by atoms with E-state index in [1.54, 1.807) is 0 Å². The van der Waals surface area contributed by atoms with Crippen LogP contribution in [0.5, 0.6) is 0 Å². The van der Waals surface area contributed by atoms with Gasteiger partial charge in [-0.3, -0.25) is 4.79 Å². The van der Waals surface area contributed by atoms with Crippen LogP contribution >= 0.6 is 11.6 Å². The molecule has 1 aromatic carbocycles. The van der Waals surface area contributed by atoms with E-state index in [4.69, 9.17) is 17.3 Å². The van der Waals surface area contributed by atoms with Crippen molar-refractivity contribution in [3.63, 3.8) is 0 Å². The van der Waals surface area contributed by atoms with Gasteiger partial charge in [0.25, 0.3) is 0 Å². The summed E-state index contributed by atoms with van der Waals surface area (Å²) in [5, 5.41) is 0.0425. The zero-order chi connectivity index (χ0) is 13.9. The number of hydrogen-bond donors (Lipinski definition) is 1. The Morgan fingerprint density at radius 3 is 2.67 bits per heavy atom. The lowest BCUT2D eigenvalue weighted by Crippen LogP contribution is -2.32. The predicted octanol–water partition coefficient (Wildman–Crippen LogP) is 0.716. The second kappa shape index (κ2) is 5.55. The van der Waals surface area contributed by atoms with Crippen LogP contribution in [-0.2, 0) is 19.6 Å². The van der Waals surface area contributed by atoms with Crippen LogP contribution in [0.4, 0.5) is 5.69 Å². The molecule has 0 saturated carbocycles. The highest BCUT2D eigenvalue weighted by molar-refractivity contribution is 7.89. The Morgan fingerprint density at radius 2 is 2.11 bits per heavy atom. The van der Waals surface area contributed by atoms with Gasteiger partial charge in [0, 0.05) is 12.7 Å². The minimum Gasteiger partial charge on any atom is -0.468 e. The third-order valence-corrected chi connectivity index (χ3v) is 4.51. The minimum absolute atomic E-state index is 0.0425. The third-order valence-electron chi connectivity index (χ3n) is 2.22. The number of likely N-dealkylation sites (N-methyl/N-ethyl adjacent to an activating group) is 1. The van der Waals surface area contributed by atoms with E-state index in [1.165, 1.54) is 32.4 Å². The number of methoxy groups -OCH3 is 1. The van der Waals surface area contributed by atoms with E-state index in [-0.39, 0.29) is 15.6 Å². The molecule has 1 rings (SSSR count). The molecule has 0 unspecified atom stereocenters. The molecule has 0 aromatic heterocycles. The van der Waals surface area contributed by atoms with Crippen molar-refractivity contribution in [1.29, 1.82) is 0 Å². The lowest BCUT2D eigenvalue weighted by Gasteiger charge is -2.16. The summed E-state index contributed by atoms with van der Waals surface area (Å²) in [6.45, 7) is -0.399. The van der Waals surface area contributed by atoms with Gasteiger partial charge in [-0.05, 0) is 18.2 Å². The van der Waals surface area contributed by atoms with Gasteiger partial charge < -0.3 is 10.5 Å². The van der Waals surface area contributed by atoms with Crippen LogP contribution in [0.1, 0.15) is 0 Å². The zero-order valence-electron chi connectivity index (χ0n) is 9.88. The molecule has 0 fully saturated rings. The van der Waals surface area contributed by atoms with Gasteiger partial charge in [0.15, 0.2) is 0 Å². The predicted molar refractivity (Wildman–Crippen MR) is 67.7 cm³/mol. The van der Waals surface area contributed by atoms with E-state index in [0.29, 0.717) is 0 Å². The Balaban J connectivity index is 3.13. The summed E-state index contributed by atoms with van der Waals surface area (Å²) in [4.78, 5) is 10.9. The molecule has 0 aliphatic rings. The number of nitrogens with zero attached hydrogens (tertiary/aromatic N) is 1. The molecule has 0 amide bonds. The average molecular weight is 293 g/mol. The Labute approximate surface area is 110 Å². The topological polar surface area (TPSA) is 89.7 Å². The lowest BCUT2D eigenvalue weighted by molar-refractivity contribution is -0.140. The number of halogens is 1. The van der Waals surface area contributed by atoms with E-state index in [2.05, 4.69) is 4.74 Å². The number of ether oxygens (including phenoxy) is 1. The fourth-order valence-corrected chi connectivity index (χ4v) is 2.84. The molecule has 6 nitrogen and oxygen atoms in total. The van der Waals surface area contributed by atoms with E-state index in [0.717, 1.165) is 4.31 Å². The first-order valence-electron chi connectivity index (χ1n) is 4.87. The molecule has 0 bridgehead atoms. The first-order chi connectivity index (χ1) is 8.28. The Bertz CT molecular complexity index is 559. The summed E-state index contributed by atoms with van der Waals surface area (Å²) in [6.07, 6.45) is 0. The van der Waals surface area contributed by atoms with E-state index in [9.17, 15) is 13.2 Å². The molecule has 8 heteroatoms. The molecular formula is C10H13ClN2O4S. The van der Waals surface area contributed by atoms with E-state index < -0.39 is 22.5 Å². The van der Waals surface area contributed by atoms with Gasteiger partial charge in [-0.1, -0.05) is 11.6 Å². The van der Waals surface area contributed by atoms with Crippen LogP contribution in [0.15, 0.2) is 23.1 Å². The van der Waals surface area contributed by atoms with Crippen LogP contribution in [-0.4, -0.2) is 39.4 Å². The van der Waals surface area contributed by atoms with Crippen LogP contribution in [0, 0.1) is 0 Å². The summed E-state index contributed by atoms with van der Waals surface area (Å²) in [6, 6.07) is 4.11. The quantitative estimate of drug-likeness (QED) is 0.652. The highest BCUT2D eigenvalue weighted by Gasteiger charge is 2.25. The number of anilines is 1. The normalized spacial score (nSPS) is 11.6. The molecule has 0 spiro atoms. The molecule has 18 heavy (non-hydrogen) atoms. The monoisotopic (exact) mass is 292 g/mol. The first kappa shape index (κ1) is 14.7. The van der Waals surface area contributed by atoms with Gasteiger partial charge in [-0.15, -0.1) is 0 Å². The number of carbonyl (C=O) groups is 1. The smallest absolute Gasteiger partial charge is 0.321 e. The molecule has 100 valence electrons.